The lowest BCUT2D eigenvalue weighted by molar-refractivity contribution is 0.102. The van der Waals surface area contributed by atoms with E-state index in [1.54, 1.807) is 24.3 Å². The molecule has 0 unspecified atom stereocenters. The van der Waals surface area contributed by atoms with Crippen LogP contribution < -0.4 is 26.0 Å². The smallest absolute Gasteiger partial charge is 0.259 e. The maximum Gasteiger partial charge on any atom is 0.259 e. The van der Waals surface area contributed by atoms with Gasteiger partial charge in [-0.05, 0) is 42.5 Å². The zero-order chi connectivity index (χ0) is 25.5. The summed E-state index contributed by atoms with van der Waals surface area (Å²) < 4.78 is 11.2. The van der Waals surface area contributed by atoms with Gasteiger partial charge in [-0.2, -0.15) is 0 Å². The fourth-order valence-corrected chi connectivity index (χ4v) is 3.93. The number of hydrogen-bond donors (Lipinski definition) is 3. The first-order valence-electron chi connectivity index (χ1n) is 11.3. The van der Waals surface area contributed by atoms with Crippen molar-refractivity contribution in [3.8, 4) is 5.75 Å². The summed E-state index contributed by atoms with van der Waals surface area (Å²) in [6.45, 7) is 3.28. The van der Waals surface area contributed by atoms with Crippen LogP contribution in [0.1, 0.15) is 20.7 Å². The average Bonchev–Trinajstić information content (AvgIpc) is 2.89. The van der Waals surface area contributed by atoms with E-state index in [-0.39, 0.29) is 17.9 Å². The molecule has 1 aromatic heterocycles. The van der Waals surface area contributed by atoms with Crippen molar-refractivity contribution < 1.29 is 19.1 Å². The molecule has 1 saturated heterocycles. The van der Waals surface area contributed by atoms with Gasteiger partial charge in [0.25, 0.3) is 11.8 Å². The molecule has 0 atom stereocenters. The molecule has 4 N–H and O–H groups in total. The highest BCUT2D eigenvalue weighted by molar-refractivity contribution is 6.31. The monoisotopic (exact) mass is 529 g/mol. The number of anilines is 3. The lowest BCUT2D eigenvalue weighted by Crippen LogP contribution is -2.36. The van der Waals surface area contributed by atoms with Crippen LogP contribution in [0, 0.1) is 0 Å². The van der Waals surface area contributed by atoms with E-state index in [0.29, 0.717) is 46.9 Å². The molecule has 2 aromatic carbocycles. The lowest BCUT2D eigenvalue weighted by atomic mass is 10.1. The van der Waals surface area contributed by atoms with E-state index in [2.05, 4.69) is 20.5 Å². The molecule has 0 aliphatic carbocycles. The first kappa shape index (κ1) is 25.7. The number of ether oxygens (including phenoxy) is 2. The Labute approximate surface area is 218 Å². The van der Waals surface area contributed by atoms with Crippen molar-refractivity contribution >= 4 is 52.2 Å². The highest BCUT2D eigenvalue weighted by atomic mass is 35.5. The van der Waals surface area contributed by atoms with E-state index in [1.807, 2.05) is 12.1 Å². The van der Waals surface area contributed by atoms with Gasteiger partial charge in [-0.25, -0.2) is 4.98 Å². The summed E-state index contributed by atoms with van der Waals surface area (Å²) in [7, 11) is 0. The number of aromatic nitrogens is 1. The molecule has 1 aliphatic rings. The molecule has 0 saturated carbocycles. The summed E-state index contributed by atoms with van der Waals surface area (Å²) in [5.41, 5.74) is 7.28. The Morgan fingerprint density at radius 1 is 0.972 bits per heavy atom. The largest absolute Gasteiger partial charge is 0.491 e. The molecule has 1 fully saturated rings. The standard InChI is InChI=1S/C25H25Cl2N5O4/c26-16-1-4-19(24(33)31-23-6-2-17(27)15-29-23)21(13-16)30-25(34)20-5-3-18(14-22(20)36-10-7-28)32-8-11-35-12-9-32/h1-6,13-15H,7-12,28H2,(H,30,34)(H,29,31,33). The molecule has 3 aromatic rings. The van der Waals surface area contributed by atoms with Gasteiger partial charge < -0.3 is 30.7 Å². The molecule has 0 radical (unpaired) electrons. The molecule has 1 aliphatic heterocycles. The number of morpholine rings is 1. The van der Waals surface area contributed by atoms with E-state index in [9.17, 15) is 9.59 Å². The Bertz CT molecular complexity index is 1230. The molecule has 9 nitrogen and oxygen atoms in total. The molecule has 0 bridgehead atoms. The number of rotatable bonds is 8. The molecule has 4 rings (SSSR count). The van der Waals surface area contributed by atoms with Crippen LogP contribution >= 0.6 is 23.2 Å². The van der Waals surface area contributed by atoms with Crippen LogP contribution in [0.2, 0.25) is 10.0 Å². The second-order valence-electron chi connectivity index (χ2n) is 7.88. The Morgan fingerprint density at radius 2 is 1.69 bits per heavy atom. The number of nitrogens with zero attached hydrogens (tertiary/aromatic N) is 2. The number of nitrogens with two attached hydrogens (primary N) is 1. The van der Waals surface area contributed by atoms with Gasteiger partial charge in [-0.1, -0.05) is 23.2 Å². The van der Waals surface area contributed by atoms with Crippen molar-refractivity contribution in [1.82, 2.24) is 4.98 Å². The number of benzene rings is 2. The van der Waals surface area contributed by atoms with Crippen molar-refractivity contribution in [2.75, 3.05) is 55.0 Å². The predicted octanol–water partition coefficient (Wildman–Crippen LogP) is 4.07. The fourth-order valence-electron chi connectivity index (χ4n) is 3.65. The summed E-state index contributed by atoms with van der Waals surface area (Å²) in [5.74, 6) is -0.233. The average molecular weight is 530 g/mol. The number of halogens is 2. The molecule has 11 heteroatoms. The van der Waals surface area contributed by atoms with E-state index >= 15 is 0 Å². The summed E-state index contributed by atoms with van der Waals surface area (Å²) in [4.78, 5) is 32.5. The number of carbonyl (C=O) groups excluding carboxylic acids is 2. The lowest BCUT2D eigenvalue weighted by Gasteiger charge is -2.29. The van der Waals surface area contributed by atoms with Gasteiger partial charge in [0.15, 0.2) is 0 Å². The van der Waals surface area contributed by atoms with Gasteiger partial charge in [-0.3, -0.25) is 9.59 Å². The van der Waals surface area contributed by atoms with E-state index in [4.69, 9.17) is 38.4 Å². The maximum atomic E-state index is 13.3. The number of carbonyl (C=O) groups is 2. The maximum absolute atomic E-state index is 13.3. The van der Waals surface area contributed by atoms with E-state index in [1.165, 1.54) is 18.3 Å². The van der Waals surface area contributed by atoms with Gasteiger partial charge in [0, 0.05) is 42.6 Å². The summed E-state index contributed by atoms with van der Waals surface area (Å²) in [6, 6.07) is 13.1. The Morgan fingerprint density at radius 3 is 2.42 bits per heavy atom. The predicted molar refractivity (Wildman–Crippen MR) is 141 cm³/mol. The van der Waals surface area contributed by atoms with Crippen LogP contribution in [0.15, 0.2) is 54.7 Å². The van der Waals surface area contributed by atoms with Crippen LogP contribution in [0.5, 0.6) is 5.75 Å². The van der Waals surface area contributed by atoms with Crippen LogP contribution in [0.4, 0.5) is 17.2 Å². The van der Waals surface area contributed by atoms with Crippen LogP contribution in [-0.4, -0.2) is 56.3 Å². The number of pyridine rings is 1. The minimum absolute atomic E-state index is 0.207. The highest BCUT2D eigenvalue weighted by Crippen LogP contribution is 2.29. The molecule has 0 spiro atoms. The van der Waals surface area contributed by atoms with Crippen molar-refractivity contribution in [3.05, 3.63) is 75.9 Å². The Hall–Kier alpha value is -3.37. The second kappa shape index (κ2) is 12.0. The molecule has 2 amide bonds. The molecule has 36 heavy (non-hydrogen) atoms. The van der Waals surface area contributed by atoms with Crippen molar-refractivity contribution in [3.63, 3.8) is 0 Å². The zero-order valence-corrected chi connectivity index (χ0v) is 20.8. The first-order chi connectivity index (χ1) is 17.4. The Kier molecular flexibility index (Phi) is 8.61. The van der Waals surface area contributed by atoms with Gasteiger partial charge in [0.05, 0.1) is 35.1 Å². The van der Waals surface area contributed by atoms with Gasteiger partial charge in [-0.15, -0.1) is 0 Å². The minimum atomic E-state index is -0.473. The normalized spacial score (nSPS) is 13.2. The topological polar surface area (TPSA) is 119 Å². The van der Waals surface area contributed by atoms with Crippen LogP contribution in [0.25, 0.3) is 0 Å². The molecular weight excluding hydrogens is 505 g/mol. The molecule has 2 heterocycles. The zero-order valence-electron chi connectivity index (χ0n) is 19.3. The van der Waals surface area contributed by atoms with Crippen molar-refractivity contribution in [2.45, 2.75) is 0 Å². The SMILES string of the molecule is NCCOc1cc(N2CCOCC2)ccc1C(=O)Nc1cc(Cl)ccc1C(=O)Nc1ccc(Cl)cn1. The summed E-state index contributed by atoms with van der Waals surface area (Å²) in [5, 5.41) is 6.27. The van der Waals surface area contributed by atoms with Crippen LogP contribution in [-0.2, 0) is 4.74 Å². The number of nitrogens with one attached hydrogen (secondary N) is 2. The highest BCUT2D eigenvalue weighted by Gasteiger charge is 2.20. The third-order valence-electron chi connectivity index (χ3n) is 5.40. The van der Waals surface area contributed by atoms with Crippen molar-refractivity contribution in [1.29, 1.82) is 0 Å². The van der Waals surface area contributed by atoms with Crippen molar-refractivity contribution in [2.24, 2.45) is 5.73 Å². The van der Waals surface area contributed by atoms with E-state index < -0.39 is 11.8 Å². The van der Waals surface area contributed by atoms with Gasteiger partial charge in [0.2, 0.25) is 0 Å². The van der Waals surface area contributed by atoms with E-state index in [0.717, 1.165) is 18.8 Å². The van der Waals surface area contributed by atoms with Gasteiger partial charge in [0.1, 0.15) is 18.2 Å². The summed E-state index contributed by atoms with van der Waals surface area (Å²) in [6.07, 6.45) is 1.42. The van der Waals surface area contributed by atoms with Gasteiger partial charge >= 0.3 is 0 Å². The minimum Gasteiger partial charge on any atom is -0.491 e. The number of amides is 2. The summed E-state index contributed by atoms with van der Waals surface area (Å²) >= 11 is 12.0. The third-order valence-corrected chi connectivity index (χ3v) is 5.86. The quantitative estimate of drug-likeness (QED) is 0.402. The fraction of sp³-hybridized carbons (Fsp3) is 0.240. The third kappa shape index (κ3) is 6.44. The van der Waals surface area contributed by atoms with Crippen LogP contribution in [0.3, 0.4) is 0 Å². The second-order valence-corrected chi connectivity index (χ2v) is 8.75. The first-order valence-corrected chi connectivity index (χ1v) is 12.0. The Balaban J connectivity index is 1.58. The molecular formula is C25H25Cl2N5O4. The number of hydrogen-bond acceptors (Lipinski definition) is 7. The molecule has 188 valence electrons.